The predicted molar refractivity (Wildman–Crippen MR) is 154 cm³/mol. The fourth-order valence-electron chi connectivity index (χ4n) is 5.85. The van der Waals surface area contributed by atoms with Crippen molar-refractivity contribution >= 4 is 17.6 Å². The average Bonchev–Trinajstić information content (AvgIpc) is 3.39. The van der Waals surface area contributed by atoms with Crippen LogP contribution in [0.2, 0.25) is 0 Å². The Balaban J connectivity index is 1.76. The van der Waals surface area contributed by atoms with Crippen molar-refractivity contribution in [1.29, 1.82) is 0 Å². The van der Waals surface area contributed by atoms with Crippen molar-refractivity contribution in [1.82, 2.24) is 9.80 Å². The largest absolute Gasteiger partial charge is 0.462 e. The van der Waals surface area contributed by atoms with Crippen LogP contribution in [0.25, 0.3) is 5.70 Å². The first kappa shape index (κ1) is 30.9. The van der Waals surface area contributed by atoms with Crippen LogP contribution >= 0.6 is 0 Å². The maximum absolute atomic E-state index is 14.8. The molecule has 0 aliphatic carbocycles. The van der Waals surface area contributed by atoms with Gasteiger partial charge >= 0.3 is 5.97 Å². The van der Waals surface area contributed by atoms with Crippen LogP contribution in [-0.4, -0.2) is 65.8 Å². The summed E-state index contributed by atoms with van der Waals surface area (Å²) in [4.78, 5) is 29.1. The van der Waals surface area contributed by atoms with Crippen LogP contribution in [0.15, 0.2) is 53.9 Å². The summed E-state index contributed by atoms with van der Waals surface area (Å²) in [5.74, 6) is -1.14. The van der Waals surface area contributed by atoms with Crippen LogP contribution in [0, 0.1) is 11.2 Å². The van der Waals surface area contributed by atoms with Gasteiger partial charge in [-0.2, -0.15) is 0 Å². The van der Waals surface area contributed by atoms with Crippen molar-refractivity contribution in [2.24, 2.45) is 11.1 Å². The third-order valence-corrected chi connectivity index (χ3v) is 8.10. The van der Waals surface area contributed by atoms with Gasteiger partial charge in [-0.25, -0.2) is 8.78 Å². The van der Waals surface area contributed by atoms with E-state index >= 15 is 0 Å². The summed E-state index contributed by atoms with van der Waals surface area (Å²) in [6.45, 7) is 8.49. The van der Waals surface area contributed by atoms with Gasteiger partial charge in [0.2, 0.25) is 5.91 Å². The molecule has 0 saturated carbocycles. The summed E-state index contributed by atoms with van der Waals surface area (Å²) in [5.41, 5.74) is 8.59. The highest BCUT2D eigenvalue weighted by Gasteiger charge is 2.38. The van der Waals surface area contributed by atoms with E-state index in [0.717, 1.165) is 29.7 Å². The number of nitrogens with two attached hydrogens (primary N) is 1. The van der Waals surface area contributed by atoms with E-state index in [2.05, 4.69) is 0 Å². The second-order valence-corrected chi connectivity index (χ2v) is 12.3. The Labute approximate surface area is 242 Å². The lowest BCUT2D eigenvalue weighted by Gasteiger charge is -2.40. The molecule has 4 rings (SSSR count). The standard InChI is InChI=1S/C32H43F2N3O4/c1-21(38)41-27-15-18-40-28(20-27)37-17-14-24(33)8-5-7-23(29(37)22-10-12-25(34)13-11-22)19-26-9-6-16-36(26)31(39)30(35)32(2,3)4/h5,8,10-14,26-28,30H,6-7,9,15-20,35H2,1-4H3/b8-5-,24-14+,29-23+. The molecule has 1 aromatic carbocycles. The second kappa shape index (κ2) is 13.3. The number of nitrogens with zero attached hydrogens (tertiary/aromatic N) is 2. The lowest BCUT2D eigenvalue weighted by molar-refractivity contribution is -0.158. The summed E-state index contributed by atoms with van der Waals surface area (Å²) >= 11 is 0. The van der Waals surface area contributed by atoms with Crippen molar-refractivity contribution in [3.05, 3.63) is 65.3 Å². The van der Waals surface area contributed by atoms with E-state index in [1.165, 1.54) is 31.2 Å². The molecule has 0 radical (unpaired) electrons. The van der Waals surface area contributed by atoms with Crippen molar-refractivity contribution in [3.8, 4) is 0 Å². The van der Waals surface area contributed by atoms with Gasteiger partial charge in [-0.1, -0.05) is 26.8 Å². The zero-order valence-corrected chi connectivity index (χ0v) is 24.6. The number of carbonyl (C=O) groups is 2. The molecule has 3 aliphatic rings. The van der Waals surface area contributed by atoms with Gasteiger partial charge in [0, 0.05) is 44.6 Å². The van der Waals surface area contributed by atoms with Gasteiger partial charge < -0.3 is 25.0 Å². The molecule has 0 bridgehead atoms. The Morgan fingerprint density at radius 2 is 1.90 bits per heavy atom. The molecule has 41 heavy (non-hydrogen) atoms. The van der Waals surface area contributed by atoms with Crippen LogP contribution in [0.5, 0.6) is 0 Å². The number of likely N-dealkylation sites (tertiary alicyclic amines) is 1. The highest BCUT2D eigenvalue weighted by Crippen LogP contribution is 2.37. The minimum atomic E-state index is -0.627. The Hall–Kier alpha value is -3.04. The Kier molecular flexibility index (Phi) is 10.0. The van der Waals surface area contributed by atoms with E-state index in [4.69, 9.17) is 15.2 Å². The highest BCUT2D eigenvalue weighted by molar-refractivity contribution is 5.83. The normalized spacial score (nSPS) is 28.7. The third kappa shape index (κ3) is 7.83. The molecule has 4 atom stereocenters. The van der Waals surface area contributed by atoms with Crippen LogP contribution < -0.4 is 5.73 Å². The number of hydrogen-bond donors (Lipinski definition) is 1. The van der Waals surface area contributed by atoms with Crippen LogP contribution in [0.4, 0.5) is 8.78 Å². The molecule has 4 unspecified atom stereocenters. The third-order valence-electron chi connectivity index (χ3n) is 8.10. The Morgan fingerprint density at radius 1 is 1.17 bits per heavy atom. The lowest BCUT2D eigenvalue weighted by Crippen LogP contribution is -2.51. The number of hydrogen-bond acceptors (Lipinski definition) is 6. The van der Waals surface area contributed by atoms with Crippen LogP contribution in [0.3, 0.4) is 0 Å². The molecule has 1 amide bonds. The molecule has 0 aromatic heterocycles. The molecule has 2 fully saturated rings. The SMILES string of the molecule is CC(=O)OC1CCOC(N2C/C=C(F)\C=C/C/C(CC3CCCN3C(=O)C(N)C(C)(C)C)=C\2c2ccc(F)cc2)C1. The van der Waals surface area contributed by atoms with Gasteiger partial charge in [-0.15, -0.1) is 0 Å². The first-order valence-electron chi connectivity index (χ1n) is 14.6. The van der Waals surface area contributed by atoms with Gasteiger partial charge in [-0.05, 0) is 78.7 Å². The minimum absolute atomic E-state index is 0.0630. The fourth-order valence-corrected chi connectivity index (χ4v) is 5.85. The van der Waals surface area contributed by atoms with Gasteiger partial charge in [0.05, 0.1) is 12.6 Å². The minimum Gasteiger partial charge on any atom is -0.462 e. The Morgan fingerprint density at radius 3 is 2.59 bits per heavy atom. The highest BCUT2D eigenvalue weighted by atomic mass is 19.1. The van der Waals surface area contributed by atoms with Gasteiger partial charge in [0.1, 0.15) is 24.0 Å². The van der Waals surface area contributed by atoms with Crippen LogP contribution in [-0.2, 0) is 19.1 Å². The molecule has 1 aromatic rings. The lowest BCUT2D eigenvalue weighted by atomic mass is 9.86. The molecular weight excluding hydrogens is 528 g/mol. The Bertz CT molecular complexity index is 1190. The van der Waals surface area contributed by atoms with Crippen molar-refractivity contribution in [3.63, 3.8) is 0 Å². The summed E-state index contributed by atoms with van der Waals surface area (Å²) in [5, 5.41) is 0. The maximum Gasteiger partial charge on any atom is 0.302 e. The maximum atomic E-state index is 14.8. The summed E-state index contributed by atoms with van der Waals surface area (Å²) in [6, 6.07) is 5.56. The van der Waals surface area contributed by atoms with Crippen molar-refractivity contribution in [2.75, 3.05) is 19.7 Å². The number of esters is 1. The fraction of sp³-hybridized carbons (Fsp3) is 0.562. The van der Waals surface area contributed by atoms with E-state index in [0.29, 0.717) is 38.8 Å². The molecule has 2 N–H and O–H groups in total. The first-order valence-corrected chi connectivity index (χ1v) is 14.6. The second-order valence-electron chi connectivity index (χ2n) is 12.3. The molecule has 7 nitrogen and oxygen atoms in total. The number of carbonyl (C=O) groups excluding carboxylic acids is 2. The number of benzene rings is 1. The number of allylic oxidation sites excluding steroid dienone is 3. The van der Waals surface area contributed by atoms with E-state index in [1.807, 2.05) is 30.6 Å². The molecule has 224 valence electrons. The van der Waals surface area contributed by atoms with Gasteiger partial charge in [0.25, 0.3) is 0 Å². The van der Waals surface area contributed by atoms with E-state index in [9.17, 15) is 18.4 Å². The molecule has 3 aliphatic heterocycles. The summed E-state index contributed by atoms with van der Waals surface area (Å²) in [6.07, 6.45) is 7.60. The van der Waals surface area contributed by atoms with E-state index < -0.39 is 12.3 Å². The first-order chi connectivity index (χ1) is 19.4. The van der Waals surface area contributed by atoms with Gasteiger partial charge in [-0.3, -0.25) is 9.59 Å². The zero-order valence-electron chi connectivity index (χ0n) is 24.6. The predicted octanol–water partition coefficient (Wildman–Crippen LogP) is 5.47. The number of halogens is 2. The summed E-state index contributed by atoms with van der Waals surface area (Å²) in [7, 11) is 0. The number of amides is 1. The van der Waals surface area contributed by atoms with E-state index in [-0.39, 0.29) is 47.6 Å². The smallest absolute Gasteiger partial charge is 0.302 e. The molecule has 3 heterocycles. The summed E-state index contributed by atoms with van der Waals surface area (Å²) < 4.78 is 40.6. The zero-order chi connectivity index (χ0) is 29.7. The van der Waals surface area contributed by atoms with Gasteiger partial charge in [0.15, 0.2) is 0 Å². The van der Waals surface area contributed by atoms with Crippen molar-refractivity contribution in [2.45, 2.75) is 90.6 Å². The number of ether oxygens (including phenoxy) is 2. The van der Waals surface area contributed by atoms with Crippen LogP contribution in [0.1, 0.15) is 71.8 Å². The monoisotopic (exact) mass is 571 g/mol. The molecular formula is C32H43F2N3O4. The average molecular weight is 572 g/mol. The number of rotatable bonds is 6. The molecule has 2 saturated heterocycles. The quantitative estimate of drug-likeness (QED) is 0.456. The van der Waals surface area contributed by atoms with E-state index in [1.54, 1.807) is 18.2 Å². The molecule has 9 heteroatoms. The molecule has 0 spiro atoms. The topological polar surface area (TPSA) is 85.1 Å². The van der Waals surface area contributed by atoms with Crippen molar-refractivity contribution < 1.29 is 27.8 Å².